The number of anilines is 3. The van der Waals surface area contributed by atoms with Gasteiger partial charge >= 0.3 is 0 Å². The zero-order valence-electron chi connectivity index (χ0n) is 44.0. The molecule has 2 amide bonds. The molecule has 24 heteroatoms. The molecule has 8 heterocycles. The Morgan fingerprint density at radius 3 is 2.34 bits per heavy atom. The van der Waals surface area contributed by atoms with Gasteiger partial charge in [0.15, 0.2) is 17.4 Å². The number of halogens is 3. The lowest BCUT2D eigenvalue weighted by molar-refractivity contribution is -0.141. The molecular formula is C56H59F3N11O8S2-. The fourth-order valence-corrected chi connectivity index (χ4v) is 12.8. The zero-order valence-corrected chi connectivity index (χ0v) is 45.6. The molecule has 1 unspecified atom stereocenters. The summed E-state index contributed by atoms with van der Waals surface area (Å²) in [6.45, 7) is 9.67. The van der Waals surface area contributed by atoms with Crippen LogP contribution in [0.4, 0.5) is 30.4 Å². The molecule has 4 aliphatic rings. The van der Waals surface area contributed by atoms with E-state index in [1.54, 1.807) is 23.8 Å². The number of hydrogen-bond acceptors (Lipinski definition) is 16. The Bertz CT molecular complexity index is 3440. The molecule has 4 N–H and O–H groups in total. The summed E-state index contributed by atoms with van der Waals surface area (Å²) in [6.07, 6.45) is 0.777. The van der Waals surface area contributed by atoms with Gasteiger partial charge in [-0.1, -0.05) is 55.4 Å². The number of carbonyl (C=O) groups excluding carboxylic acids is 3. The van der Waals surface area contributed by atoms with E-state index in [1.165, 1.54) is 22.4 Å². The minimum atomic E-state index is -3.09. The number of nitrogens with one attached hydrogen (secondary N) is 2. The predicted octanol–water partition coefficient (Wildman–Crippen LogP) is 6.28. The molecule has 4 aromatic heterocycles. The number of amides is 2. The molecule has 7 aromatic rings. The highest BCUT2D eigenvalue weighted by molar-refractivity contribution is 7.80. The lowest BCUT2D eigenvalue weighted by Gasteiger charge is -2.48. The van der Waals surface area contributed by atoms with Crippen molar-refractivity contribution in [2.24, 2.45) is 5.92 Å². The normalized spacial score (nSPS) is 20.4. The molecule has 0 aliphatic carbocycles. The molecule has 4 saturated heterocycles. The van der Waals surface area contributed by atoms with E-state index in [2.05, 4.69) is 40.1 Å². The highest BCUT2D eigenvalue weighted by Gasteiger charge is 2.45. The highest BCUT2D eigenvalue weighted by atomic mass is 32.2. The van der Waals surface area contributed by atoms with Crippen molar-refractivity contribution in [3.05, 3.63) is 130 Å². The number of thiazole rings is 1. The van der Waals surface area contributed by atoms with Crippen LogP contribution < -0.4 is 19.5 Å². The number of aryl methyl sites for hydroxylation is 1. The van der Waals surface area contributed by atoms with Crippen LogP contribution in [0.2, 0.25) is 0 Å². The molecule has 11 rings (SSSR count). The number of pyridine rings is 1. The number of carbonyl (C=O) groups is 3. The van der Waals surface area contributed by atoms with E-state index in [4.69, 9.17) is 4.52 Å². The van der Waals surface area contributed by atoms with Gasteiger partial charge in [-0.25, -0.2) is 32.6 Å². The third-order valence-electron chi connectivity index (χ3n) is 15.8. The molecule has 3 aromatic carbocycles. The number of fused-ring (bicyclic) bond motifs is 1. The summed E-state index contributed by atoms with van der Waals surface area (Å²) in [4.78, 5) is 63.2. The van der Waals surface area contributed by atoms with Gasteiger partial charge in [-0.05, 0) is 66.3 Å². The van der Waals surface area contributed by atoms with Crippen molar-refractivity contribution in [3.8, 4) is 21.6 Å². The first kappa shape index (κ1) is 54.9. The number of benzene rings is 3. The van der Waals surface area contributed by atoms with Crippen LogP contribution in [0.25, 0.3) is 32.6 Å². The van der Waals surface area contributed by atoms with Gasteiger partial charge in [0.1, 0.15) is 35.3 Å². The number of H-pyrrole nitrogens is 1. The molecule has 0 spiro atoms. The van der Waals surface area contributed by atoms with Crippen molar-refractivity contribution >= 4 is 68.4 Å². The number of β-amino-alcohol motifs (C(OH)–C–C–N with tert-alkyl or cyclic N) is 1. The van der Waals surface area contributed by atoms with Gasteiger partial charge < -0.3 is 44.3 Å². The standard InChI is InChI=1S/C56H60F3N11O8S2/c1-31(2)49(56(75)69-28-40(72)21-46(69)55(74)63-44(29-71)34-4-6-35(7-5-34)53-32(3)62-30-79-53)47-22-48(64-78-47)67-26-39(27-67)66-18-16-65(17-19-66)38-10-8-33(9-11-38)36-20-41-42(24-61-54(41)60-23-36)52(73)50-43(58)12-13-45(51(50)59)70(80(76)77)68-15-14-37(57)25-68/h4-13,20,22-24,30-31,37,39-40,44,46,49,71-72H,14-19,21,25-29H2,1-3H3,(H,60,61)(H,63,74)(H,76,77)/p-1/t37-,40-,44+,46+,49-/m1/s1. The number of rotatable bonds is 17. The number of aromatic amines is 1. The van der Waals surface area contributed by atoms with Gasteiger partial charge in [0, 0.05) is 105 Å². The third kappa shape index (κ3) is 10.7. The first-order chi connectivity index (χ1) is 38.5. The maximum atomic E-state index is 16.1. The number of ketones is 1. The molecule has 4 aliphatic heterocycles. The average molecular weight is 1140 g/mol. The second-order valence-corrected chi connectivity index (χ2v) is 22.8. The summed E-state index contributed by atoms with van der Waals surface area (Å²) in [6, 6.07) is 19.3. The average Bonchev–Trinajstić information content (AvgIpc) is 4.34. The monoisotopic (exact) mass is 1130 g/mol. The number of alkyl halides is 1. The molecule has 0 saturated carbocycles. The number of piperazine rings is 1. The number of aliphatic hydroxyl groups is 2. The second kappa shape index (κ2) is 22.8. The number of aliphatic hydroxyl groups excluding tert-OH is 2. The zero-order chi connectivity index (χ0) is 56.1. The van der Waals surface area contributed by atoms with Gasteiger partial charge in [0.2, 0.25) is 17.6 Å². The van der Waals surface area contributed by atoms with Crippen LogP contribution in [-0.4, -0.2) is 161 Å². The van der Waals surface area contributed by atoms with E-state index in [0.29, 0.717) is 51.2 Å². The topological polar surface area (TPSA) is 231 Å². The molecule has 0 radical (unpaired) electrons. The van der Waals surface area contributed by atoms with E-state index in [9.17, 15) is 37.7 Å². The fourth-order valence-electron chi connectivity index (χ4n) is 11.4. The van der Waals surface area contributed by atoms with Crippen molar-refractivity contribution in [3.63, 3.8) is 0 Å². The number of likely N-dealkylation sites (tertiary alicyclic amines) is 1. The number of nitrogens with zero attached hydrogens (tertiary/aromatic N) is 9. The molecular weight excluding hydrogens is 1080 g/mol. The molecule has 4 fully saturated rings. The molecule has 80 heavy (non-hydrogen) atoms. The summed E-state index contributed by atoms with van der Waals surface area (Å²) in [7, 11) is 0. The van der Waals surface area contributed by atoms with Gasteiger partial charge in [-0.15, -0.1) is 11.3 Å². The Morgan fingerprint density at radius 2 is 1.68 bits per heavy atom. The Labute approximate surface area is 465 Å². The minimum absolute atomic E-state index is 0.0180. The van der Waals surface area contributed by atoms with Crippen LogP contribution in [0.1, 0.15) is 71.6 Å². The van der Waals surface area contributed by atoms with Crippen LogP contribution in [0, 0.1) is 24.5 Å². The second-order valence-electron chi connectivity index (χ2n) is 21.2. The van der Waals surface area contributed by atoms with E-state index in [-0.39, 0.29) is 62.5 Å². The maximum Gasteiger partial charge on any atom is 0.243 e. The van der Waals surface area contributed by atoms with Crippen LogP contribution in [0.15, 0.2) is 95.2 Å². The third-order valence-corrected chi connectivity index (χ3v) is 17.5. The first-order valence-corrected chi connectivity index (χ1v) is 28.5. The first-order valence-electron chi connectivity index (χ1n) is 26.5. The number of hydrogen-bond donors (Lipinski definition) is 4. The highest BCUT2D eigenvalue weighted by Crippen LogP contribution is 2.37. The van der Waals surface area contributed by atoms with Gasteiger partial charge in [-0.3, -0.25) is 23.5 Å². The van der Waals surface area contributed by atoms with E-state index in [1.807, 2.05) is 69.3 Å². The van der Waals surface area contributed by atoms with Gasteiger partial charge in [0.05, 0.1) is 58.2 Å². The fraction of sp³-hybridized carbons (Fsp3) is 0.393. The number of aromatic nitrogens is 4. The van der Waals surface area contributed by atoms with Crippen LogP contribution in [0.5, 0.6) is 0 Å². The lowest BCUT2D eigenvalue weighted by atomic mass is 9.91. The summed E-state index contributed by atoms with van der Waals surface area (Å²) >= 11 is -1.55. The van der Waals surface area contributed by atoms with Crippen molar-refractivity contribution in [2.75, 3.05) is 79.7 Å². The smallest absolute Gasteiger partial charge is 0.243 e. The van der Waals surface area contributed by atoms with Gasteiger partial charge in [-0.2, -0.15) is 0 Å². The number of hydrazine groups is 1. The largest absolute Gasteiger partial charge is 0.754 e. The van der Waals surface area contributed by atoms with Crippen molar-refractivity contribution in [1.82, 2.24) is 40.2 Å². The Hall–Kier alpha value is -7.06. The Kier molecular flexibility index (Phi) is 15.7. The van der Waals surface area contributed by atoms with Crippen LogP contribution in [-0.2, 0) is 20.9 Å². The summed E-state index contributed by atoms with van der Waals surface area (Å²) < 4.78 is 76.3. The molecule has 0 bridgehead atoms. The lowest BCUT2D eigenvalue weighted by Crippen LogP contribution is -2.63. The molecule has 6 atom stereocenters. The van der Waals surface area contributed by atoms with E-state index >= 15 is 8.78 Å². The quantitative estimate of drug-likeness (QED) is 0.0581. The van der Waals surface area contributed by atoms with Crippen LogP contribution >= 0.6 is 11.3 Å². The van der Waals surface area contributed by atoms with Crippen LogP contribution in [0.3, 0.4) is 0 Å². The summed E-state index contributed by atoms with van der Waals surface area (Å²) in [5.74, 6) is -4.41. The van der Waals surface area contributed by atoms with Crippen molar-refractivity contribution < 1.29 is 51.1 Å². The SMILES string of the molecule is Cc1ncsc1-c1ccc([C@H](CO)NC(=O)[C@@H]2C[C@@H](O)CN2C(=O)[C@@H](c2cc(N3CC(N4CCN(c5ccc(-c6cnc7[nH]cc(C(=O)c8c(F)ccc(N(N9CC[C@@H](F)C9)S(=O)[O-])c8F)c7c6)cc5)CC4)C3)no2)C(C)C)cc1. The summed E-state index contributed by atoms with van der Waals surface area (Å²) in [5.41, 5.74) is 5.52. The predicted molar refractivity (Wildman–Crippen MR) is 294 cm³/mol. The van der Waals surface area contributed by atoms with Gasteiger partial charge in [0.25, 0.3) is 0 Å². The Morgan fingerprint density at radius 1 is 0.938 bits per heavy atom. The summed E-state index contributed by atoms with van der Waals surface area (Å²) in [5, 5.41) is 29.8. The van der Waals surface area contributed by atoms with Crippen molar-refractivity contribution in [1.29, 1.82) is 0 Å². The van der Waals surface area contributed by atoms with Crippen molar-refractivity contribution in [2.45, 2.75) is 69.9 Å². The minimum Gasteiger partial charge on any atom is -0.754 e. The van der Waals surface area contributed by atoms with E-state index < -0.39 is 76.1 Å². The maximum absolute atomic E-state index is 16.1. The van der Waals surface area contributed by atoms with E-state index in [0.717, 1.165) is 70.7 Å². The Balaban J connectivity index is 0.687. The molecule has 19 nitrogen and oxygen atoms in total. The molecule has 420 valence electrons.